The van der Waals surface area contributed by atoms with Gasteiger partial charge in [0.25, 0.3) is 0 Å². The molecule has 0 bridgehead atoms. The van der Waals surface area contributed by atoms with Gasteiger partial charge in [-0.25, -0.2) is 0 Å². The molecule has 1 aliphatic carbocycles. The van der Waals surface area contributed by atoms with Crippen LogP contribution in [-0.2, 0) is 5.41 Å². The lowest BCUT2D eigenvalue weighted by Gasteiger charge is -2.27. The molecule has 0 aliphatic heterocycles. The Morgan fingerprint density at radius 1 is 0.315 bits per heavy atom. The standard InChI is InChI=1S/C53H39N/c1-53(2)51-22-11-10-20-49(51)50-35-42(31-34-52(50)53)54(40-27-23-38(24-28-40)44-21-12-16-37-15-6-7-17-43(37)44)41-29-25-39(26-30-41)46-33-32-45(36-13-4-3-5-14-36)47-18-8-9-19-48(46)47/h3-35H,1-2H3. The molecule has 256 valence electrons. The van der Waals surface area contributed by atoms with E-state index in [-0.39, 0.29) is 5.41 Å². The van der Waals surface area contributed by atoms with Crippen molar-refractivity contribution in [3.8, 4) is 44.5 Å². The fourth-order valence-corrected chi connectivity index (χ4v) is 8.77. The van der Waals surface area contributed by atoms with Gasteiger partial charge in [-0.15, -0.1) is 0 Å². The number of hydrogen-bond acceptors (Lipinski definition) is 1. The molecule has 0 N–H and O–H groups in total. The Morgan fingerprint density at radius 3 is 1.44 bits per heavy atom. The Kier molecular flexibility index (Phi) is 7.56. The summed E-state index contributed by atoms with van der Waals surface area (Å²) in [7, 11) is 0. The largest absolute Gasteiger partial charge is 0.310 e. The van der Waals surface area contributed by atoms with Gasteiger partial charge in [-0.1, -0.05) is 178 Å². The molecule has 54 heavy (non-hydrogen) atoms. The molecule has 9 aromatic rings. The minimum atomic E-state index is -0.0458. The fraction of sp³-hybridized carbons (Fsp3) is 0.0566. The van der Waals surface area contributed by atoms with Gasteiger partial charge < -0.3 is 4.90 Å². The predicted molar refractivity (Wildman–Crippen MR) is 230 cm³/mol. The highest BCUT2D eigenvalue weighted by Crippen LogP contribution is 2.51. The van der Waals surface area contributed by atoms with Crippen molar-refractivity contribution in [3.63, 3.8) is 0 Å². The number of rotatable bonds is 6. The summed E-state index contributed by atoms with van der Waals surface area (Å²) >= 11 is 0. The van der Waals surface area contributed by atoms with Gasteiger partial charge in [-0.2, -0.15) is 0 Å². The molecular formula is C53H39N. The van der Waals surface area contributed by atoms with E-state index in [1.54, 1.807) is 0 Å². The smallest absolute Gasteiger partial charge is 0.0468 e. The molecule has 0 fully saturated rings. The Labute approximate surface area is 317 Å². The maximum Gasteiger partial charge on any atom is 0.0468 e. The third kappa shape index (κ3) is 5.24. The molecular weight excluding hydrogens is 651 g/mol. The highest BCUT2D eigenvalue weighted by atomic mass is 15.1. The third-order valence-corrected chi connectivity index (χ3v) is 11.5. The first kappa shape index (κ1) is 32.0. The van der Waals surface area contributed by atoms with Crippen LogP contribution in [0.25, 0.3) is 66.1 Å². The van der Waals surface area contributed by atoms with Gasteiger partial charge in [-0.3, -0.25) is 0 Å². The van der Waals surface area contributed by atoms with E-state index < -0.39 is 0 Å². The number of hydrogen-bond donors (Lipinski definition) is 0. The Bertz CT molecular complexity index is 2820. The van der Waals surface area contributed by atoms with Crippen LogP contribution in [0.5, 0.6) is 0 Å². The van der Waals surface area contributed by atoms with E-state index in [1.165, 1.54) is 77.2 Å². The van der Waals surface area contributed by atoms with Crippen molar-refractivity contribution in [1.29, 1.82) is 0 Å². The van der Waals surface area contributed by atoms with Crippen molar-refractivity contribution in [2.24, 2.45) is 0 Å². The van der Waals surface area contributed by atoms with E-state index in [2.05, 4.69) is 219 Å². The third-order valence-electron chi connectivity index (χ3n) is 11.5. The van der Waals surface area contributed by atoms with Crippen molar-refractivity contribution < 1.29 is 0 Å². The van der Waals surface area contributed by atoms with Crippen LogP contribution in [0.1, 0.15) is 25.0 Å². The monoisotopic (exact) mass is 689 g/mol. The topological polar surface area (TPSA) is 3.24 Å². The lowest BCUT2D eigenvalue weighted by Crippen LogP contribution is -2.15. The van der Waals surface area contributed by atoms with Crippen LogP contribution >= 0.6 is 0 Å². The summed E-state index contributed by atoms with van der Waals surface area (Å²) in [6.07, 6.45) is 0. The lowest BCUT2D eigenvalue weighted by molar-refractivity contribution is 0.660. The van der Waals surface area contributed by atoms with Gasteiger partial charge in [0.2, 0.25) is 0 Å². The molecule has 0 radical (unpaired) electrons. The second kappa shape index (κ2) is 12.8. The molecule has 0 atom stereocenters. The van der Waals surface area contributed by atoms with E-state index in [0.29, 0.717) is 0 Å². The van der Waals surface area contributed by atoms with Crippen molar-refractivity contribution in [2.45, 2.75) is 19.3 Å². The van der Waals surface area contributed by atoms with Gasteiger partial charge in [0, 0.05) is 22.5 Å². The Hall–Kier alpha value is -6.70. The number of benzene rings is 9. The maximum absolute atomic E-state index is 2.40. The first-order valence-electron chi connectivity index (χ1n) is 18.8. The molecule has 1 aliphatic rings. The first-order valence-corrected chi connectivity index (χ1v) is 18.8. The van der Waals surface area contributed by atoms with Gasteiger partial charge in [-0.05, 0) is 114 Å². The summed E-state index contributed by atoms with van der Waals surface area (Å²) in [5, 5.41) is 5.04. The van der Waals surface area contributed by atoms with Crippen LogP contribution in [0.2, 0.25) is 0 Å². The van der Waals surface area contributed by atoms with E-state index >= 15 is 0 Å². The Balaban J connectivity index is 1.09. The molecule has 0 spiro atoms. The second-order valence-corrected chi connectivity index (χ2v) is 14.9. The molecule has 0 aromatic heterocycles. The molecule has 0 unspecified atom stereocenters. The van der Waals surface area contributed by atoms with Gasteiger partial charge in [0.1, 0.15) is 0 Å². The number of nitrogens with zero attached hydrogens (tertiary/aromatic N) is 1. The van der Waals surface area contributed by atoms with Crippen molar-refractivity contribution in [2.75, 3.05) is 4.90 Å². The molecule has 1 nitrogen and oxygen atoms in total. The predicted octanol–water partition coefficient (Wildman–Crippen LogP) is 14.8. The van der Waals surface area contributed by atoms with Crippen molar-refractivity contribution in [3.05, 3.63) is 211 Å². The van der Waals surface area contributed by atoms with E-state index in [9.17, 15) is 0 Å². The quantitative estimate of drug-likeness (QED) is 0.168. The molecule has 9 aromatic carbocycles. The minimum absolute atomic E-state index is 0.0458. The second-order valence-electron chi connectivity index (χ2n) is 14.9. The van der Waals surface area contributed by atoms with Crippen molar-refractivity contribution in [1.82, 2.24) is 0 Å². The van der Waals surface area contributed by atoms with Crippen LogP contribution in [0.4, 0.5) is 17.1 Å². The zero-order valence-corrected chi connectivity index (χ0v) is 30.5. The molecule has 10 rings (SSSR count). The molecule has 0 amide bonds. The zero-order chi connectivity index (χ0) is 36.2. The van der Waals surface area contributed by atoms with Gasteiger partial charge in [0.15, 0.2) is 0 Å². The molecule has 0 saturated carbocycles. The fourth-order valence-electron chi connectivity index (χ4n) is 8.77. The summed E-state index contributed by atoms with van der Waals surface area (Å²) in [6.45, 7) is 4.69. The van der Waals surface area contributed by atoms with E-state index in [1.807, 2.05) is 0 Å². The first-order chi connectivity index (χ1) is 26.5. The average molecular weight is 690 g/mol. The summed E-state index contributed by atoms with van der Waals surface area (Å²) in [4.78, 5) is 2.40. The van der Waals surface area contributed by atoms with Crippen LogP contribution in [0, 0.1) is 0 Å². The van der Waals surface area contributed by atoms with E-state index in [4.69, 9.17) is 0 Å². The molecule has 0 saturated heterocycles. The van der Waals surface area contributed by atoms with Crippen molar-refractivity contribution >= 4 is 38.6 Å². The van der Waals surface area contributed by atoms with Crippen LogP contribution in [-0.4, -0.2) is 0 Å². The summed E-state index contributed by atoms with van der Waals surface area (Å²) in [5.74, 6) is 0. The van der Waals surface area contributed by atoms with Crippen LogP contribution in [0.3, 0.4) is 0 Å². The van der Waals surface area contributed by atoms with E-state index in [0.717, 1.165) is 17.1 Å². The summed E-state index contributed by atoms with van der Waals surface area (Å²) in [6, 6.07) is 73.3. The van der Waals surface area contributed by atoms with Gasteiger partial charge in [0.05, 0.1) is 0 Å². The number of anilines is 3. The SMILES string of the molecule is CC1(C)c2ccccc2-c2cc(N(c3ccc(-c4cccc5ccccc45)cc3)c3ccc(-c4ccc(-c5ccccc5)c5ccccc45)cc3)ccc21. The average Bonchev–Trinajstić information content (AvgIpc) is 3.46. The molecule has 1 heteroatoms. The highest BCUT2D eigenvalue weighted by Gasteiger charge is 2.35. The lowest BCUT2D eigenvalue weighted by atomic mass is 9.82. The van der Waals surface area contributed by atoms with Gasteiger partial charge >= 0.3 is 0 Å². The normalized spacial score (nSPS) is 12.8. The zero-order valence-electron chi connectivity index (χ0n) is 30.5. The van der Waals surface area contributed by atoms with Crippen LogP contribution < -0.4 is 4.90 Å². The Morgan fingerprint density at radius 2 is 0.778 bits per heavy atom. The summed E-state index contributed by atoms with van der Waals surface area (Å²) < 4.78 is 0. The summed E-state index contributed by atoms with van der Waals surface area (Å²) in [5.41, 5.74) is 16.1. The minimum Gasteiger partial charge on any atom is -0.310 e. The maximum atomic E-state index is 2.40. The molecule has 0 heterocycles. The van der Waals surface area contributed by atoms with Crippen LogP contribution in [0.15, 0.2) is 200 Å². The number of fused-ring (bicyclic) bond motifs is 5. The highest BCUT2D eigenvalue weighted by molar-refractivity contribution is 6.05.